The fourth-order valence-electron chi connectivity index (χ4n) is 2.85. The number of carbonyl (C=O) groups is 4. The third-order valence-electron chi connectivity index (χ3n) is 4.29. The summed E-state index contributed by atoms with van der Waals surface area (Å²) < 4.78 is 14.9. The summed E-state index contributed by atoms with van der Waals surface area (Å²) in [5, 5.41) is 7.07. The summed E-state index contributed by atoms with van der Waals surface area (Å²) >= 11 is 0. The Morgan fingerprint density at radius 3 is 2.77 bits per heavy atom. The summed E-state index contributed by atoms with van der Waals surface area (Å²) in [5.41, 5.74) is 2.71. The van der Waals surface area contributed by atoms with Crippen LogP contribution in [0.4, 0.5) is 5.82 Å². The number of carbonyl (C=O) groups excluding carboxylic acids is 4. The molecule has 0 bridgehead atoms. The van der Waals surface area contributed by atoms with Gasteiger partial charge < -0.3 is 19.3 Å². The Balaban J connectivity index is 1.50. The summed E-state index contributed by atoms with van der Waals surface area (Å²) in [6.07, 6.45) is -0.144. The Labute approximate surface area is 171 Å². The molecule has 1 saturated heterocycles. The first-order valence-corrected chi connectivity index (χ1v) is 9.01. The standard InChI is InChI=1S/C19H20N4O7/c1-11-7-15(22-30-11)20-16(24)10-29-19(27)12-8-17(25)23(9-12)21-18(26)13-5-3-4-6-14(13)28-2/h3-7,12H,8-10H2,1-2H3,(H,21,26)(H,20,22,24)/t12-/m0/s1. The van der Waals surface area contributed by atoms with Gasteiger partial charge in [0.05, 0.1) is 25.1 Å². The van der Waals surface area contributed by atoms with Crippen molar-refractivity contribution in [1.29, 1.82) is 0 Å². The number of hydrazine groups is 1. The molecule has 1 aromatic carbocycles. The molecule has 11 nitrogen and oxygen atoms in total. The van der Waals surface area contributed by atoms with Gasteiger partial charge in [-0.15, -0.1) is 0 Å². The molecule has 0 radical (unpaired) electrons. The number of hydrogen-bond donors (Lipinski definition) is 2. The van der Waals surface area contributed by atoms with E-state index in [2.05, 4.69) is 15.9 Å². The van der Waals surface area contributed by atoms with Crippen LogP contribution >= 0.6 is 0 Å². The predicted octanol–water partition coefficient (Wildman–Crippen LogP) is 0.667. The summed E-state index contributed by atoms with van der Waals surface area (Å²) in [4.78, 5) is 48.6. The van der Waals surface area contributed by atoms with Crippen molar-refractivity contribution in [1.82, 2.24) is 15.6 Å². The molecule has 30 heavy (non-hydrogen) atoms. The second-order valence-electron chi connectivity index (χ2n) is 6.53. The van der Waals surface area contributed by atoms with Gasteiger partial charge in [-0.2, -0.15) is 0 Å². The van der Waals surface area contributed by atoms with Crippen molar-refractivity contribution in [3.63, 3.8) is 0 Å². The third-order valence-corrected chi connectivity index (χ3v) is 4.29. The molecule has 0 spiro atoms. The number of nitrogens with zero attached hydrogens (tertiary/aromatic N) is 2. The molecule has 0 unspecified atom stereocenters. The van der Waals surface area contributed by atoms with E-state index in [0.717, 1.165) is 5.01 Å². The van der Waals surface area contributed by atoms with Gasteiger partial charge in [-0.3, -0.25) is 29.6 Å². The van der Waals surface area contributed by atoms with Gasteiger partial charge in [-0.1, -0.05) is 17.3 Å². The van der Waals surface area contributed by atoms with Gasteiger partial charge >= 0.3 is 5.97 Å². The van der Waals surface area contributed by atoms with Crippen LogP contribution in [-0.2, 0) is 19.1 Å². The smallest absolute Gasteiger partial charge is 0.311 e. The summed E-state index contributed by atoms with van der Waals surface area (Å²) in [6, 6.07) is 8.05. The molecule has 1 aliphatic rings. The highest BCUT2D eigenvalue weighted by Crippen LogP contribution is 2.20. The number of hydrogen-bond acceptors (Lipinski definition) is 8. The Kier molecular flexibility index (Phi) is 6.30. The second kappa shape index (κ2) is 9.07. The summed E-state index contributed by atoms with van der Waals surface area (Å²) in [6.45, 7) is 1.06. The number of anilines is 1. The number of amides is 3. The van der Waals surface area contributed by atoms with Gasteiger partial charge in [0.2, 0.25) is 5.91 Å². The SMILES string of the molecule is COc1ccccc1C(=O)NN1C[C@@H](C(=O)OCC(=O)Nc2cc(C)on2)CC1=O. The van der Waals surface area contributed by atoms with E-state index < -0.39 is 36.2 Å². The van der Waals surface area contributed by atoms with Crippen molar-refractivity contribution in [2.24, 2.45) is 5.92 Å². The van der Waals surface area contributed by atoms with Gasteiger partial charge in [-0.25, -0.2) is 0 Å². The maximum atomic E-state index is 12.4. The van der Waals surface area contributed by atoms with Gasteiger partial charge in [-0.05, 0) is 19.1 Å². The van der Waals surface area contributed by atoms with E-state index in [1.54, 1.807) is 31.2 Å². The first kappa shape index (κ1) is 20.8. The molecule has 1 aromatic heterocycles. The Hall–Kier alpha value is -3.89. The minimum atomic E-state index is -0.808. The van der Waals surface area contributed by atoms with E-state index in [9.17, 15) is 19.2 Å². The molecular formula is C19H20N4O7. The van der Waals surface area contributed by atoms with Crippen LogP contribution in [-0.4, -0.2) is 54.1 Å². The molecule has 2 heterocycles. The van der Waals surface area contributed by atoms with E-state index in [1.807, 2.05) is 0 Å². The molecule has 11 heteroatoms. The molecule has 158 valence electrons. The zero-order valence-electron chi connectivity index (χ0n) is 16.3. The molecule has 1 fully saturated rings. The average molecular weight is 416 g/mol. The number of aromatic nitrogens is 1. The molecule has 1 atom stereocenters. The quantitative estimate of drug-likeness (QED) is 0.628. The number of aryl methyl sites for hydroxylation is 1. The van der Waals surface area contributed by atoms with Gasteiger partial charge in [0.25, 0.3) is 11.8 Å². The monoisotopic (exact) mass is 416 g/mol. The molecular weight excluding hydrogens is 396 g/mol. The van der Waals surface area contributed by atoms with E-state index in [4.69, 9.17) is 14.0 Å². The maximum absolute atomic E-state index is 12.4. The van der Waals surface area contributed by atoms with Crippen molar-refractivity contribution in [2.75, 3.05) is 25.6 Å². The first-order valence-electron chi connectivity index (χ1n) is 9.01. The molecule has 0 saturated carbocycles. The zero-order valence-corrected chi connectivity index (χ0v) is 16.3. The van der Waals surface area contributed by atoms with E-state index in [-0.39, 0.29) is 24.3 Å². The van der Waals surface area contributed by atoms with Gasteiger partial charge in [0.1, 0.15) is 11.5 Å². The van der Waals surface area contributed by atoms with Crippen LogP contribution in [0, 0.1) is 12.8 Å². The lowest BCUT2D eigenvalue weighted by Crippen LogP contribution is -2.43. The molecule has 2 N–H and O–H groups in total. The van der Waals surface area contributed by atoms with E-state index in [1.165, 1.54) is 13.2 Å². The topological polar surface area (TPSA) is 140 Å². The summed E-state index contributed by atoms with van der Waals surface area (Å²) in [7, 11) is 1.43. The largest absolute Gasteiger partial charge is 0.496 e. The van der Waals surface area contributed by atoms with E-state index in [0.29, 0.717) is 11.5 Å². The average Bonchev–Trinajstić information content (AvgIpc) is 3.31. The Morgan fingerprint density at radius 2 is 2.07 bits per heavy atom. The first-order chi connectivity index (χ1) is 14.4. The lowest BCUT2D eigenvalue weighted by Gasteiger charge is -2.18. The van der Waals surface area contributed by atoms with Gasteiger partial charge in [0, 0.05) is 12.5 Å². The number of ether oxygens (including phenoxy) is 2. The maximum Gasteiger partial charge on any atom is 0.311 e. The normalized spacial score (nSPS) is 15.6. The lowest BCUT2D eigenvalue weighted by molar-refractivity contribution is -0.151. The third kappa shape index (κ3) is 4.93. The highest BCUT2D eigenvalue weighted by atomic mass is 16.5. The number of rotatable bonds is 7. The van der Waals surface area contributed by atoms with Crippen LogP contribution in [0.15, 0.2) is 34.9 Å². The highest BCUT2D eigenvalue weighted by Gasteiger charge is 2.37. The lowest BCUT2D eigenvalue weighted by atomic mass is 10.1. The number of esters is 1. The van der Waals surface area contributed by atoms with Crippen LogP contribution in [0.1, 0.15) is 22.5 Å². The molecule has 2 aromatic rings. The minimum absolute atomic E-state index is 0.0668. The number of benzene rings is 1. The van der Waals surface area contributed by atoms with Crippen molar-refractivity contribution in [2.45, 2.75) is 13.3 Å². The molecule has 1 aliphatic heterocycles. The zero-order chi connectivity index (χ0) is 21.7. The predicted molar refractivity (Wildman–Crippen MR) is 101 cm³/mol. The van der Waals surface area contributed by atoms with Crippen LogP contribution in [0.3, 0.4) is 0 Å². The number of para-hydroxylation sites is 1. The fraction of sp³-hybridized carbons (Fsp3) is 0.316. The van der Waals surface area contributed by atoms with Crippen LogP contribution < -0.4 is 15.5 Å². The van der Waals surface area contributed by atoms with Crippen molar-refractivity contribution >= 4 is 29.5 Å². The van der Waals surface area contributed by atoms with Crippen LogP contribution in [0.2, 0.25) is 0 Å². The van der Waals surface area contributed by atoms with Gasteiger partial charge in [0.15, 0.2) is 12.4 Å². The molecule has 0 aliphatic carbocycles. The van der Waals surface area contributed by atoms with E-state index >= 15 is 0 Å². The van der Waals surface area contributed by atoms with Crippen LogP contribution in [0.5, 0.6) is 5.75 Å². The Morgan fingerprint density at radius 1 is 1.30 bits per heavy atom. The minimum Gasteiger partial charge on any atom is -0.496 e. The second-order valence-corrected chi connectivity index (χ2v) is 6.53. The molecule has 3 amide bonds. The van der Waals surface area contributed by atoms with Crippen molar-refractivity contribution in [3.05, 3.63) is 41.7 Å². The number of nitrogens with one attached hydrogen (secondary N) is 2. The molecule has 3 rings (SSSR count). The Bertz CT molecular complexity index is 971. The number of methoxy groups -OCH3 is 1. The van der Waals surface area contributed by atoms with Crippen molar-refractivity contribution < 1.29 is 33.2 Å². The summed E-state index contributed by atoms with van der Waals surface area (Å²) in [5.74, 6) is -2.04. The highest BCUT2D eigenvalue weighted by molar-refractivity contribution is 5.98. The van der Waals surface area contributed by atoms with Crippen molar-refractivity contribution in [3.8, 4) is 5.75 Å². The van der Waals surface area contributed by atoms with Crippen LogP contribution in [0.25, 0.3) is 0 Å². The fourth-order valence-corrected chi connectivity index (χ4v) is 2.85.